The lowest BCUT2D eigenvalue weighted by atomic mass is 9.93. The number of aromatic nitrogens is 3. The van der Waals surface area contributed by atoms with Gasteiger partial charge in [0, 0.05) is 41.5 Å². The van der Waals surface area contributed by atoms with Gasteiger partial charge in [0.05, 0.1) is 0 Å². The van der Waals surface area contributed by atoms with E-state index in [2.05, 4.69) is 20.1 Å². The highest BCUT2D eigenvalue weighted by Crippen LogP contribution is 2.34. The number of piperidine rings is 1. The minimum absolute atomic E-state index is 0.0460. The molecule has 1 aromatic carbocycles. The lowest BCUT2D eigenvalue weighted by Gasteiger charge is -2.34. The van der Waals surface area contributed by atoms with Crippen molar-refractivity contribution in [2.24, 2.45) is 5.73 Å². The summed E-state index contributed by atoms with van der Waals surface area (Å²) in [4.78, 5) is 17.6. The molecule has 0 bridgehead atoms. The second kappa shape index (κ2) is 6.61. The van der Waals surface area contributed by atoms with Crippen LogP contribution in [-0.4, -0.2) is 34.2 Å². The molecule has 3 N–H and O–H groups in total. The predicted octanol–water partition coefficient (Wildman–Crippen LogP) is 3.03. The maximum Gasteiger partial charge on any atom is 0.269 e. The quantitative estimate of drug-likeness (QED) is 0.741. The van der Waals surface area contributed by atoms with E-state index in [1.165, 1.54) is 0 Å². The molecule has 4 rings (SSSR count). The summed E-state index contributed by atoms with van der Waals surface area (Å²) < 4.78 is 27.9. The van der Waals surface area contributed by atoms with Gasteiger partial charge in [-0.15, -0.1) is 0 Å². The highest BCUT2D eigenvalue weighted by atomic mass is 19.2. The number of hydrogen-bond acceptors (Lipinski definition) is 4. The van der Waals surface area contributed by atoms with Gasteiger partial charge < -0.3 is 10.6 Å². The zero-order valence-electron chi connectivity index (χ0n) is 14.8. The predicted molar refractivity (Wildman–Crippen MR) is 97.7 cm³/mol. The molecule has 1 aliphatic rings. The zero-order chi connectivity index (χ0) is 19.1. The number of nitrogens with two attached hydrogens (primary N) is 1. The smallest absolute Gasteiger partial charge is 0.269 e. The number of aromatic amines is 1. The number of benzene rings is 1. The van der Waals surface area contributed by atoms with E-state index < -0.39 is 17.5 Å². The molecule has 6 nitrogen and oxygen atoms in total. The van der Waals surface area contributed by atoms with Crippen LogP contribution in [0.1, 0.15) is 40.6 Å². The van der Waals surface area contributed by atoms with E-state index in [0.717, 1.165) is 36.8 Å². The molecule has 1 unspecified atom stereocenters. The van der Waals surface area contributed by atoms with Crippen LogP contribution in [0.25, 0.3) is 10.9 Å². The molecule has 3 aromatic rings. The van der Waals surface area contributed by atoms with Crippen LogP contribution in [0.15, 0.2) is 24.3 Å². The Hall–Kier alpha value is -3.03. The van der Waals surface area contributed by atoms with Crippen LogP contribution in [0.4, 0.5) is 14.5 Å². The normalized spacial score (nSPS) is 17.4. The van der Waals surface area contributed by atoms with Crippen molar-refractivity contribution in [3.8, 4) is 0 Å². The lowest BCUT2D eigenvalue weighted by molar-refractivity contribution is 0.0995. The summed E-state index contributed by atoms with van der Waals surface area (Å²) in [5, 5.41) is 7.43. The van der Waals surface area contributed by atoms with E-state index in [9.17, 15) is 13.6 Å². The molecule has 0 saturated carbocycles. The summed E-state index contributed by atoms with van der Waals surface area (Å²) in [6.45, 7) is 3.23. The van der Waals surface area contributed by atoms with Gasteiger partial charge in [-0.05, 0) is 44.0 Å². The van der Waals surface area contributed by atoms with Crippen LogP contribution in [0.5, 0.6) is 0 Å². The molecule has 140 valence electrons. The average molecular weight is 371 g/mol. The van der Waals surface area contributed by atoms with Crippen molar-refractivity contribution in [2.45, 2.75) is 25.7 Å². The largest absolute Gasteiger partial charge is 0.370 e. The maximum absolute atomic E-state index is 14.2. The molecular formula is C19H19F2N5O. The zero-order valence-corrected chi connectivity index (χ0v) is 14.8. The fourth-order valence-corrected chi connectivity index (χ4v) is 3.72. The minimum atomic E-state index is -0.925. The van der Waals surface area contributed by atoms with Gasteiger partial charge in [-0.2, -0.15) is 5.10 Å². The number of pyridine rings is 1. The maximum atomic E-state index is 14.2. The number of amides is 1. The number of aryl methyl sites for hydroxylation is 1. The summed E-state index contributed by atoms with van der Waals surface area (Å²) in [5.41, 5.74) is 7.84. The molecule has 0 spiro atoms. The van der Waals surface area contributed by atoms with Crippen LogP contribution in [0.2, 0.25) is 0 Å². The molecule has 1 aliphatic heterocycles. The van der Waals surface area contributed by atoms with Crippen molar-refractivity contribution in [3.05, 3.63) is 53.0 Å². The molecule has 8 heteroatoms. The number of nitrogens with zero attached hydrogens (tertiary/aromatic N) is 3. The van der Waals surface area contributed by atoms with E-state index in [1.807, 2.05) is 6.07 Å². The number of anilines is 1. The molecule has 1 amide bonds. The SMILES string of the molecule is Cc1cc(N2CCCC(c3cc(C(N)=O)n[nH]3)C2)c2ccc(F)c(F)c2n1. The highest BCUT2D eigenvalue weighted by Gasteiger charge is 2.26. The van der Waals surface area contributed by atoms with Gasteiger partial charge in [0.15, 0.2) is 11.6 Å². The third kappa shape index (κ3) is 3.11. The Morgan fingerprint density at radius 1 is 1.33 bits per heavy atom. The first-order valence-electron chi connectivity index (χ1n) is 8.79. The van der Waals surface area contributed by atoms with Crippen LogP contribution in [0, 0.1) is 18.6 Å². The number of nitrogens with one attached hydrogen (secondary N) is 1. The van der Waals surface area contributed by atoms with Crippen molar-refractivity contribution in [3.63, 3.8) is 0 Å². The van der Waals surface area contributed by atoms with Crippen molar-refractivity contribution in [1.82, 2.24) is 15.2 Å². The van der Waals surface area contributed by atoms with Gasteiger partial charge in [0.25, 0.3) is 5.91 Å². The fourth-order valence-electron chi connectivity index (χ4n) is 3.72. The monoisotopic (exact) mass is 371 g/mol. The minimum Gasteiger partial charge on any atom is -0.370 e. The summed E-state index contributed by atoms with van der Waals surface area (Å²) in [7, 11) is 0. The molecule has 3 heterocycles. The van der Waals surface area contributed by atoms with E-state index in [0.29, 0.717) is 17.6 Å². The summed E-state index contributed by atoms with van der Waals surface area (Å²) in [5.74, 6) is -2.27. The molecule has 1 saturated heterocycles. The van der Waals surface area contributed by atoms with E-state index >= 15 is 0 Å². The Labute approximate surface area is 154 Å². The fraction of sp³-hybridized carbons (Fsp3) is 0.316. The highest BCUT2D eigenvalue weighted by molar-refractivity contribution is 5.92. The summed E-state index contributed by atoms with van der Waals surface area (Å²) in [6, 6.07) is 6.28. The Balaban J connectivity index is 1.70. The van der Waals surface area contributed by atoms with Gasteiger partial charge in [0.2, 0.25) is 0 Å². The van der Waals surface area contributed by atoms with E-state index in [-0.39, 0.29) is 17.1 Å². The Bertz CT molecular complexity index is 1030. The number of hydrogen-bond donors (Lipinski definition) is 2. The first-order chi connectivity index (χ1) is 12.9. The Kier molecular flexibility index (Phi) is 4.25. The van der Waals surface area contributed by atoms with Gasteiger partial charge in [0.1, 0.15) is 11.2 Å². The number of fused-ring (bicyclic) bond motifs is 1. The van der Waals surface area contributed by atoms with Crippen molar-refractivity contribution in [1.29, 1.82) is 0 Å². The molecular weight excluding hydrogens is 352 g/mol. The second-order valence-corrected chi connectivity index (χ2v) is 6.90. The third-order valence-corrected chi connectivity index (χ3v) is 5.03. The van der Waals surface area contributed by atoms with Gasteiger partial charge in [-0.25, -0.2) is 13.8 Å². The molecule has 0 radical (unpaired) electrons. The van der Waals surface area contributed by atoms with Crippen molar-refractivity contribution >= 4 is 22.5 Å². The Morgan fingerprint density at radius 2 is 2.15 bits per heavy atom. The van der Waals surface area contributed by atoms with Crippen LogP contribution in [0.3, 0.4) is 0 Å². The first kappa shape index (κ1) is 17.4. The van der Waals surface area contributed by atoms with Crippen LogP contribution in [-0.2, 0) is 0 Å². The van der Waals surface area contributed by atoms with Crippen LogP contribution < -0.4 is 10.6 Å². The van der Waals surface area contributed by atoms with Gasteiger partial charge in [-0.3, -0.25) is 9.89 Å². The lowest BCUT2D eigenvalue weighted by Crippen LogP contribution is -2.34. The number of halogens is 2. The average Bonchev–Trinajstić information content (AvgIpc) is 3.15. The van der Waals surface area contributed by atoms with E-state index in [4.69, 9.17) is 5.73 Å². The molecule has 27 heavy (non-hydrogen) atoms. The van der Waals surface area contributed by atoms with Gasteiger partial charge in [-0.1, -0.05) is 0 Å². The van der Waals surface area contributed by atoms with Crippen molar-refractivity contribution < 1.29 is 13.6 Å². The van der Waals surface area contributed by atoms with E-state index in [1.54, 1.807) is 19.1 Å². The summed E-state index contributed by atoms with van der Waals surface area (Å²) >= 11 is 0. The molecule has 1 atom stereocenters. The number of primary amides is 1. The van der Waals surface area contributed by atoms with Crippen molar-refractivity contribution in [2.75, 3.05) is 18.0 Å². The summed E-state index contributed by atoms with van der Waals surface area (Å²) in [6.07, 6.45) is 1.85. The number of H-pyrrole nitrogens is 1. The number of carbonyl (C=O) groups is 1. The number of carbonyl (C=O) groups excluding carboxylic acids is 1. The third-order valence-electron chi connectivity index (χ3n) is 5.03. The molecule has 0 aliphatic carbocycles. The van der Waals surface area contributed by atoms with Crippen LogP contribution >= 0.6 is 0 Å². The molecule has 2 aromatic heterocycles. The first-order valence-corrected chi connectivity index (χ1v) is 8.79. The number of rotatable bonds is 3. The molecule has 1 fully saturated rings. The van der Waals surface area contributed by atoms with Gasteiger partial charge >= 0.3 is 0 Å². The topological polar surface area (TPSA) is 87.9 Å². The Morgan fingerprint density at radius 3 is 2.89 bits per heavy atom. The second-order valence-electron chi connectivity index (χ2n) is 6.90. The standard InChI is InChI=1S/C19H19F2N5O/c1-10-7-16(12-4-5-13(20)17(21)18(12)23-10)26-6-2-3-11(9-26)14-8-15(19(22)27)25-24-14/h4-5,7-8,11H,2-3,6,9H2,1H3,(H2,22,27)(H,24,25).